The van der Waals surface area contributed by atoms with E-state index in [9.17, 15) is 0 Å². The summed E-state index contributed by atoms with van der Waals surface area (Å²) in [7, 11) is 0. The van der Waals surface area contributed by atoms with Gasteiger partial charge in [0.15, 0.2) is 5.82 Å². The molecule has 5 heteroatoms. The van der Waals surface area contributed by atoms with Gasteiger partial charge in [-0.3, -0.25) is 0 Å². The Balaban J connectivity index is 1.51. The number of hydrogen-bond donors (Lipinski definition) is 1. The van der Waals surface area contributed by atoms with E-state index in [2.05, 4.69) is 49.7 Å². The molecule has 0 radical (unpaired) electrons. The summed E-state index contributed by atoms with van der Waals surface area (Å²) < 4.78 is 0. The Labute approximate surface area is 130 Å². The zero-order valence-electron chi connectivity index (χ0n) is 12.7. The summed E-state index contributed by atoms with van der Waals surface area (Å²) in [4.78, 5) is 6.96. The van der Waals surface area contributed by atoms with Crippen LogP contribution in [0.25, 0.3) is 0 Å². The lowest BCUT2D eigenvalue weighted by atomic mass is 10.0. The van der Waals surface area contributed by atoms with Crippen LogP contribution in [0.5, 0.6) is 0 Å². The lowest BCUT2D eigenvalue weighted by Gasteiger charge is -2.29. The van der Waals surface area contributed by atoms with Gasteiger partial charge in [-0.15, -0.1) is 5.10 Å². The molecular formula is C17H21N5. The summed E-state index contributed by atoms with van der Waals surface area (Å²) >= 11 is 0. The van der Waals surface area contributed by atoms with Gasteiger partial charge in [-0.25, -0.2) is 0 Å². The van der Waals surface area contributed by atoms with Crippen molar-refractivity contribution >= 4 is 11.8 Å². The van der Waals surface area contributed by atoms with Crippen LogP contribution in [0.1, 0.15) is 36.8 Å². The summed E-state index contributed by atoms with van der Waals surface area (Å²) in [5, 5.41) is 11.7. The van der Waals surface area contributed by atoms with Gasteiger partial charge in [0.05, 0.1) is 6.20 Å². The summed E-state index contributed by atoms with van der Waals surface area (Å²) in [5.74, 6) is 1.59. The van der Waals surface area contributed by atoms with Crippen molar-refractivity contribution in [2.45, 2.75) is 44.7 Å². The van der Waals surface area contributed by atoms with Crippen LogP contribution in [0.3, 0.4) is 0 Å². The minimum Gasteiger partial charge on any atom is -0.350 e. The fourth-order valence-electron chi connectivity index (χ4n) is 3.45. The van der Waals surface area contributed by atoms with E-state index in [0.717, 1.165) is 25.3 Å². The van der Waals surface area contributed by atoms with Gasteiger partial charge in [0, 0.05) is 19.1 Å². The molecule has 1 aromatic carbocycles. The summed E-state index contributed by atoms with van der Waals surface area (Å²) in [6.07, 6.45) is 7.86. The molecule has 1 aliphatic heterocycles. The monoisotopic (exact) mass is 295 g/mol. The minimum absolute atomic E-state index is 0.513. The van der Waals surface area contributed by atoms with Gasteiger partial charge in [-0.1, -0.05) is 37.1 Å². The first kappa shape index (κ1) is 13.5. The number of aromatic nitrogens is 3. The summed E-state index contributed by atoms with van der Waals surface area (Å²) in [6, 6.07) is 9.16. The van der Waals surface area contributed by atoms with Crippen molar-refractivity contribution in [1.82, 2.24) is 15.2 Å². The van der Waals surface area contributed by atoms with Gasteiger partial charge in [0.25, 0.3) is 0 Å². The molecule has 4 rings (SSSR count). The van der Waals surface area contributed by atoms with Crippen LogP contribution in [0.15, 0.2) is 30.5 Å². The third-order valence-electron chi connectivity index (χ3n) is 4.69. The van der Waals surface area contributed by atoms with Crippen LogP contribution in [-0.2, 0) is 13.0 Å². The molecule has 1 saturated carbocycles. The topological polar surface area (TPSA) is 53.9 Å². The molecular weight excluding hydrogens is 274 g/mol. The first-order valence-electron chi connectivity index (χ1n) is 8.16. The molecule has 1 aliphatic carbocycles. The molecule has 0 bridgehead atoms. The Bertz CT molecular complexity index is 651. The van der Waals surface area contributed by atoms with Gasteiger partial charge in [-0.05, 0) is 30.4 Å². The third kappa shape index (κ3) is 2.75. The van der Waals surface area contributed by atoms with Crippen molar-refractivity contribution in [2.24, 2.45) is 0 Å². The number of rotatable bonds is 3. The second-order valence-electron chi connectivity index (χ2n) is 6.20. The van der Waals surface area contributed by atoms with Gasteiger partial charge < -0.3 is 10.2 Å². The first-order valence-corrected chi connectivity index (χ1v) is 8.16. The SMILES string of the molecule is c1ccc2c(c1)CCN(c1cnnc(NC3CCCC3)n1)C2. The largest absolute Gasteiger partial charge is 0.350 e. The molecule has 22 heavy (non-hydrogen) atoms. The minimum atomic E-state index is 0.513. The maximum Gasteiger partial charge on any atom is 0.244 e. The number of benzene rings is 1. The summed E-state index contributed by atoms with van der Waals surface area (Å²) in [5.41, 5.74) is 2.84. The van der Waals surface area contributed by atoms with Crippen molar-refractivity contribution in [3.8, 4) is 0 Å². The predicted octanol–water partition coefficient (Wildman–Crippen LogP) is 2.79. The molecule has 114 valence electrons. The van der Waals surface area contributed by atoms with Crippen LogP contribution in [-0.4, -0.2) is 27.8 Å². The van der Waals surface area contributed by atoms with E-state index in [1.165, 1.54) is 36.8 Å². The lowest BCUT2D eigenvalue weighted by Crippen LogP contribution is -2.31. The van der Waals surface area contributed by atoms with E-state index in [1.807, 2.05) is 0 Å². The highest BCUT2D eigenvalue weighted by Gasteiger charge is 2.19. The Kier molecular flexibility index (Phi) is 3.62. The third-order valence-corrected chi connectivity index (χ3v) is 4.69. The lowest BCUT2D eigenvalue weighted by molar-refractivity contribution is 0.705. The van der Waals surface area contributed by atoms with Crippen LogP contribution in [0.4, 0.5) is 11.8 Å². The highest BCUT2D eigenvalue weighted by atomic mass is 15.3. The molecule has 0 atom stereocenters. The number of fused-ring (bicyclic) bond motifs is 1. The molecule has 1 aromatic heterocycles. The highest BCUT2D eigenvalue weighted by molar-refractivity contribution is 5.45. The van der Waals surface area contributed by atoms with Gasteiger partial charge in [0.2, 0.25) is 5.95 Å². The van der Waals surface area contributed by atoms with Crippen molar-refractivity contribution in [1.29, 1.82) is 0 Å². The normalized spacial score (nSPS) is 18.3. The first-order chi connectivity index (χ1) is 10.9. The van der Waals surface area contributed by atoms with Crippen molar-refractivity contribution < 1.29 is 0 Å². The van der Waals surface area contributed by atoms with Crippen LogP contribution < -0.4 is 10.2 Å². The average Bonchev–Trinajstić information content (AvgIpc) is 3.08. The highest BCUT2D eigenvalue weighted by Crippen LogP contribution is 2.24. The van der Waals surface area contributed by atoms with Crippen LogP contribution in [0, 0.1) is 0 Å². The molecule has 5 nitrogen and oxygen atoms in total. The average molecular weight is 295 g/mol. The van der Waals surface area contributed by atoms with E-state index >= 15 is 0 Å². The molecule has 1 N–H and O–H groups in total. The number of anilines is 2. The fraction of sp³-hybridized carbons (Fsp3) is 0.471. The van der Waals surface area contributed by atoms with Crippen LogP contribution >= 0.6 is 0 Å². The second-order valence-corrected chi connectivity index (χ2v) is 6.20. The van der Waals surface area contributed by atoms with Crippen molar-refractivity contribution in [3.63, 3.8) is 0 Å². The van der Waals surface area contributed by atoms with Gasteiger partial charge in [-0.2, -0.15) is 10.1 Å². The molecule has 1 fully saturated rings. The zero-order valence-corrected chi connectivity index (χ0v) is 12.7. The molecule has 0 spiro atoms. The Morgan fingerprint density at radius 3 is 2.77 bits per heavy atom. The number of nitrogens with one attached hydrogen (secondary N) is 1. The van der Waals surface area contributed by atoms with Crippen molar-refractivity contribution in [2.75, 3.05) is 16.8 Å². The molecule has 0 unspecified atom stereocenters. The standard InChI is InChI=1S/C17H21N5/c1-2-6-14-12-22(10-9-13(14)5-1)16-11-18-21-17(20-16)19-15-7-3-4-8-15/h1-2,5-6,11,15H,3-4,7-10,12H2,(H,19,20,21). The maximum absolute atomic E-state index is 4.67. The summed E-state index contributed by atoms with van der Waals surface area (Å²) in [6.45, 7) is 1.89. The van der Waals surface area contributed by atoms with E-state index in [-0.39, 0.29) is 0 Å². The Hall–Kier alpha value is -2.17. The van der Waals surface area contributed by atoms with Crippen LogP contribution in [0.2, 0.25) is 0 Å². The molecule has 0 amide bonds. The van der Waals surface area contributed by atoms with E-state index in [4.69, 9.17) is 0 Å². The van der Waals surface area contributed by atoms with E-state index in [0.29, 0.717) is 12.0 Å². The molecule has 2 heterocycles. The zero-order chi connectivity index (χ0) is 14.8. The number of hydrogen-bond acceptors (Lipinski definition) is 5. The van der Waals surface area contributed by atoms with Gasteiger partial charge in [0.1, 0.15) is 0 Å². The fourth-order valence-corrected chi connectivity index (χ4v) is 3.45. The molecule has 0 saturated heterocycles. The number of nitrogens with zero attached hydrogens (tertiary/aromatic N) is 4. The van der Waals surface area contributed by atoms with E-state index < -0.39 is 0 Å². The van der Waals surface area contributed by atoms with Crippen molar-refractivity contribution in [3.05, 3.63) is 41.6 Å². The van der Waals surface area contributed by atoms with E-state index in [1.54, 1.807) is 6.20 Å². The predicted molar refractivity (Wildman–Crippen MR) is 86.9 cm³/mol. The smallest absolute Gasteiger partial charge is 0.244 e. The Morgan fingerprint density at radius 2 is 1.91 bits per heavy atom. The maximum atomic E-state index is 4.67. The second kappa shape index (κ2) is 5.91. The van der Waals surface area contributed by atoms with Gasteiger partial charge >= 0.3 is 0 Å². The molecule has 2 aliphatic rings. The quantitative estimate of drug-likeness (QED) is 0.943. The Morgan fingerprint density at radius 1 is 1.09 bits per heavy atom. The molecule has 2 aromatic rings.